The molecule has 4 aliphatic heterocycles. The number of hydrogen-bond acceptors (Lipinski definition) is 7. The Balaban J connectivity index is 1.67. The average molecular weight is 404 g/mol. The summed E-state index contributed by atoms with van der Waals surface area (Å²) < 4.78 is 18.3. The number of rotatable bonds is 1. The minimum absolute atomic E-state index is 0.290. The number of esters is 1. The topological polar surface area (TPSA) is 102 Å². The molecular formula is C22H28O7. The van der Waals surface area contributed by atoms with Crippen LogP contribution >= 0.6 is 0 Å². The molecule has 29 heavy (non-hydrogen) atoms. The van der Waals surface area contributed by atoms with E-state index in [9.17, 15) is 19.8 Å². The summed E-state index contributed by atoms with van der Waals surface area (Å²) in [6, 6.07) is 0. The Hall–Kier alpha value is -1.28. The highest BCUT2D eigenvalue weighted by molar-refractivity contribution is 6.05. The Labute approximate surface area is 169 Å². The van der Waals surface area contributed by atoms with Crippen LogP contribution in [0.15, 0.2) is 12.2 Å². The second-order valence-corrected chi connectivity index (χ2v) is 10.8. The molecule has 0 aromatic rings. The quantitative estimate of drug-likeness (QED) is 0.502. The van der Waals surface area contributed by atoms with Crippen molar-refractivity contribution in [2.45, 2.75) is 76.8 Å². The number of carbonyl (C=O) groups excluding carboxylic acids is 2. The van der Waals surface area contributed by atoms with Crippen molar-refractivity contribution >= 4 is 11.8 Å². The standard InChI is InChI=1S/C22H28O7/c1-9-11-8-12(27-10(2)23)13-20-7-5-6-19(3,4)14(20)16(25)22(26)21(13,15(9)24)17(11)28-18(20)29-22/h11-14,16-18,25-26H,1,5-8H2,2-4H3/t11-,12-,13-,14+,16-,17+,18-,20+,21-,22-/m0/s1. The van der Waals surface area contributed by atoms with Crippen molar-refractivity contribution in [1.82, 2.24) is 0 Å². The van der Waals surface area contributed by atoms with Crippen LogP contribution in [0.25, 0.3) is 0 Å². The molecular weight excluding hydrogens is 376 g/mol. The lowest BCUT2D eigenvalue weighted by atomic mass is 9.34. The molecule has 0 aromatic carbocycles. The first kappa shape index (κ1) is 18.5. The van der Waals surface area contributed by atoms with Gasteiger partial charge in [-0.3, -0.25) is 9.59 Å². The molecule has 0 amide bonds. The van der Waals surface area contributed by atoms with Gasteiger partial charge in [0.15, 0.2) is 12.1 Å². The molecule has 8 fully saturated rings. The Bertz CT molecular complexity index is 865. The monoisotopic (exact) mass is 404 g/mol. The summed E-state index contributed by atoms with van der Waals surface area (Å²) in [5.41, 5.74) is -2.09. The molecule has 0 radical (unpaired) electrons. The van der Waals surface area contributed by atoms with E-state index in [1.165, 1.54) is 6.92 Å². The van der Waals surface area contributed by atoms with Crippen LogP contribution in [0, 0.1) is 34.0 Å². The van der Waals surface area contributed by atoms with Gasteiger partial charge in [-0.15, -0.1) is 0 Å². The van der Waals surface area contributed by atoms with Crippen LogP contribution in [0.5, 0.6) is 0 Å². The van der Waals surface area contributed by atoms with E-state index in [1.54, 1.807) is 0 Å². The van der Waals surface area contributed by atoms with E-state index in [0.717, 1.165) is 12.8 Å². The van der Waals surface area contributed by atoms with Gasteiger partial charge in [0.25, 0.3) is 0 Å². The van der Waals surface area contributed by atoms with Crippen molar-refractivity contribution in [1.29, 1.82) is 0 Å². The van der Waals surface area contributed by atoms with Gasteiger partial charge in [0.2, 0.25) is 5.79 Å². The minimum Gasteiger partial charge on any atom is -0.462 e. The van der Waals surface area contributed by atoms with E-state index in [1.807, 2.05) is 0 Å². The van der Waals surface area contributed by atoms with Gasteiger partial charge in [0, 0.05) is 30.1 Å². The molecule has 10 atom stereocenters. The highest BCUT2D eigenvalue weighted by Crippen LogP contribution is 2.81. The zero-order valence-electron chi connectivity index (χ0n) is 17.0. The first-order valence-electron chi connectivity index (χ1n) is 10.7. The van der Waals surface area contributed by atoms with Gasteiger partial charge < -0.3 is 24.4 Å². The Kier molecular flexibility index (Phi) is 3.16. The average Bonchev–Trinajstić information content (AvgIpc) is 2.76. The molecule has 4 saturated carbocycles. The third-order valence-electron chi connectivity index (χ3n) is 9.33. The van der Waals surface area contributed by atoms with E-state index in [0.29, 0.717) is 18.4 Å². The van der Waals surface area contributed by atoms with Gasteiger partial charge in [-0.25, -0.2) is 0 Å². The van der Waals surface area contributed by atoms with E-state index in [-0.39, 0.29) is 23.0 Å². The van der Waals surface area contributed by atoms with Crippen molar-refractivity contribution in [2.24, 2.45) is 34.0 Å². The number of Topliss-reactive ketones (excluding diaryl/α,β-unsaturated/α-hetero) is 1. The summed E-state index contributed by atoms with van der Waals surface area (Å²) in [6.07, 6.45) is -0.170. The first-order valence-corrected chi connectivity index (χ1v) is 10.7. The largest absolute Gasteiger partial charge is 0.462 e. The van der Waals surface area contributed by atoms with Gasteiger partial charge >= 0.3 is 5.97 Å². The summed E-state index contributed by atoms with van der Waals surface area (Å²) >= 11 is 0. The highest BCUT2D eigenvalue weighted by atomic mass is 16.8. The fraction of sp³-hybridized carbons (Fsp3) is 0.818. The molecule has 2 spiro atoms. The number of aliphatic hydroxyl groups excluding tert-OH is 1. The zero-order chi connectivity index (χ0) is 20.7. The normalized spacial score (nSPS) is 58.3. The number of aliphatic hydroxyl groups is 2. The lowest BCUT2D eigenvalue weighted by Gasteiger charge is -2.79. The van der Waals surface area contributed by atoms with E-state index in [4.69, 9.17) is 14.2 Å². The van der Waals surface area contributed by atoms with Crippen LogP contribution in [-0.2, 0) is 23.8 Å². The smallest absolute Gasteiger partial charge is 0.302 e. The van der Waals surface area contributed by atoms with E-state index in [2.05, 4.69) is 20.4 Å². The molecule has 4 aliphatic carbocycles. The van der Waals surface area contributed by atoms with Crippen molar-refractivity contribution < 1.29 is 34.0 Å². The summed E-state index contributed by atoms with van der Waals surface area (Å²) in [5, 5.41) is 23.4. The Morgan fingerprint density at radius 1 is 1.28 bits per heavy atom. The van der Waals surface area contributed by atoms with Gasteiger partial charge in [-0.2, -0.15) is 0 Å². The molecule has 158 valence electrons. The Morgan fingerprint density at radius 2 is 2.00 bits per heavy atom. The summed E-state index contributed by atoms with van der Waals surface area (Å²) in [6.45, 7) is 9.58. The zero-order valence-corrected chi connectivity index (χ0v) is 17.0. The molecule has 0 aromatic heterocycles. The van der Waals surface area contributed by atoms with Gasteiger partial charge in [-0.05, 0) is 30.3 Å². The number of hydrogen-bond donors (Lipinski definition) is 2. The van der Waals surface area contributed by atoms with E-state index >= 15 is 0 Å². The lowest BCUT2D eigenvalue weighted by molar-refractivity contribution is -0.554. The molecule has 7 heteroatoms. The molecule has 8 rings (SSSR count). The van der Waals surface area contributed by atoms with Crippen LogP contribution in [0.2, 0.25) is 0 Å². The molecule has 8 aliphatic rings. The number of ketones is 1. The third-order valence-corrected chi connectivity index (χ3v) is 9.33. The van der Waals surface area contributed by atoms with Crippen LogP contribution in [0.1, 0.15) is 46.5 Å². The highest BCUT2D eigenvalue weighted by Gasteiger charge is 2.93. The van der Waals surface area contributed by atoms with Crippen molar-refractivity contribution in [3.8, 4) is 0 Å². The van der Waals surface area contributed by atoms with Crippen molar-refractivity contribution in [2.75, 3.05) is 0 Å². The fourth-order valence-electron chi connectivity index (χ4n) is 8.79. The van der Waals surface area contributed by atoms with Crippen LogP contribution in [0.4, 0.5) is 0 Å². The van der Waals surface area contributed by atoms with E-state index < -0.39 is 53.1 Å². The molecule has 4 heterocycles. The predicted molar refractivity (Wildman–Crippen MR) is 98.0 cm³/mol. The summed E-state index contributed by atoms with van der Waals surface area (Å²) in [5.74, 6) is -3.92. The third kappa shape index (κ3) is 1.61. The number of ether oxygens (including phenoxy) is 3. The van der Waals surface area contributed by atoms with Crippen LogP contribution in [0.3, 0.4) is 0 Å². The van der Waals surface area contributed by atoms with Crippen LogP contribution < -0.4 is 0 Å². The molecule has 2 N–H and O–H groups in total. The first-order chi connectivity index (χ1) is 13.5. The second-order valence-electron chi connectivity index (χ2n) is 10.8. The fourth-order valence-corrected chi connectivity index (χ4v) is 8.79. The van der Waals surface area contributed by atoms with Crippen molar-refractivity contribution in [3.63, 3.8) is 0 Å². The number of carbonyl (C=O) groups is 2. The molecule has 4 saturated heterocycles. The van der Waals surface area contributed by atoms with Crippen LogP contribution in [-0.4, -0.2) is 52.4 Å². The van der Waals surface area contributed by atoms with Gasteiger partial charge in [-0.1, -0.05) is 26.8 Å². The predicted octanol–water partition coefficient (Wildman–Crippen LogP) is 1.31. The summed E-state index contributed by atoms with van der Waals surface area (Å²) in [4.78, 5) is 25.7. The van der Waals surface area contributed by atoms with Gasteiger partial charge in [0.1, 0.15) is 17.6 Å². The maximum absolute atomic E-state index is 13.7. The van der Waals surface area contributed by atoms with Gasteiger partial charge in [0.05, 0.1) is 6.10 Å². The maximum atomic E-state index is 13.7. The lowest BCUT2D eigenvalue weighted by Crippen LogP contribution is -2.91. The molecule has 0 unspecified atom stereocenters. The SMILES string of the molecule is C=C1C(=O)[C@@]23[C@@H]4O[C@H]5O[C@@]2(O)[C@@H](O)[C@@H]2C(C)(C)CCC[C@]52[C@@H]3[C@@H](OC(C)=O)C[C@@H]14. The van der Waals surface area contributed by atoms with Crippen molar-refractivity contribution in [3.05, 3.63) is 12.2 Å². The second kappa shape index (κ2) is 4.96. The maximum Gasteiger partial charge on any atom is 0.302 e. The Morgan fingerprint density at radius 3 is 2.69 bits per heavy atom. The molecule has 7 nitrogen and oxygen atoms in total. The minimum atomic E-state index is -2.07. The molecule has 7 bridgehead atoms. The summed E-state index contributed by atoms with van der Waals surface area (Å²) in [7, 11) is 0.